The molecule has 0 radical (unpaired) electrons. The Hall–Kier alpha value is -0.910. The second kappa shape index (κ2) is 3.46. The molecule has 0 aromatic heterocycles. The van der Waals surface area contributed by atoms with Crippen molar-refractivity contribution in [2.75, 3.05) is 0 Å². The van der Waals surface area contributed by atoms with E-state index in [1.165, 1.54) is 0 Å². The first-order valence-corrected chi connectivity index (χ1v) is 8.50. The van der Waals surface area contributed by atoms with Gasteiger partial charge in [-0.1, -0.05) is 17.7 Å². The minimum absolute atomic E-state index is 0.0816. The molecule has 5 heteroatoms. The summed E-state index contributed by atoms with van der Waals surface area (Å²) in [7, 11) is -3.38. The van der Waals surface area contributed by atoms with Gasteiger partial charge in [0.25, 0.3) is 0 Å². The highest BCUT2D eigenvalue weighted by molar-refractivity contribution is 7.89. The van der Waals surface area contributed by atoms with Gasteiger partial charge in [-0.05, 0) is 45.7 Å². The van der Waals surface area contributed by atoms with Crippen LogP contribution in [0, 0.1) is 6.92 Å². The Morgan fingerprint density at radius 2 is 1.85 bits per heavy atom. The van der Waals surface area contributed by atoms with E-state index in [1.807, 2.05) is 26.0 Å². The highest BCUT2D eigenvalue weighted by Crippen LogP contribution is 2.63. The molecule has 0 N–H and O–H groups in total. The van der Waals surface area contributed by atoms with Crippen LogP contribution in [-0.4, -0.2) is 36.0 Å². The number of fused-ring (bicyclic) bond motifs is 2. The zero-order valence-corrected chi connectivity index (χ0v) is 12.8. The minimum atomic E-state index is -3.38. The highest BCUT2D eigenvalue weighted by Gasteiger charge is 2.75. The SMILES string of the molecule is Cc1ccc(S(=O)(=O)N2[C@H]3C[C@@]4(C)O[C@H]4C[C@]32C)cc1. The van der Waals surface area contributed by atoms with Gasteiger partial charge < -0.3 is 4.74 Å². The van der Waals surface area contributed by atoms with Gasteiger partial charge >= 0.3 is 0 Å². The van der Waals surface area contributed by atoms with Gasteiger partial charge in [0.15, 0.2) is 0 Å². The van der Waals surface area contributed by atoms with Crippen LogP contribution in [0.3, 0.4) is 0 Å². The van der Waals surface area contributed by atoms with Crippen molar-refractivity contribution in [1.82, 2.24) is 4.31 Å². The van der Waals surface area contributed by atoms with Crippen LogP contribution in [0.25, 0.3) is 0 Å². The third kappa shape index (κ3) is 1.51. The number of benzene rings is 1. The smallest absolute Gasteiger partial charge is 0.243 e. The van der Waals surface area contributed by atoms with Gasteiger partial charge in [0, 0.05) is 6.04 Å². The van der Waals surface area contributed by atoms with E-state index in [2.05, 4.69) is 6.92 Å². The maximum Gasteiger partial charge on any atom is 0.243 e. The van der Waals surface area contributed by atoms with Crippen molar-refractivity contribution in [2.45, 2.75) is 61.8 Å². The zero-order chi connectivity index (χ0) is 14.3. The molecule has 4 nitrogen and oxygen atoms in total. The summed E-state index contributed by atoms with van der Waals surface area (Å²) in [4.78, 5) is 0.401. The van der Waals surface area contributed by atoms with Crippen molar-refractivity contribution in [3.05, 3.63) is 29.8 Å². The highest BCUT2D eigenvalue weighted by atomic mass is 32.2. The van der Waals surface area contributed by atoms with Crippen molar-refractivity contribution in [3.63, 3.8) is 0 Å². The lowest BCUT2D eigenvalue weighted by Crippen LogP contribution is -2.27. The van der Waals surface area contributed by atoms with Crippen molar-refractivity contribution >= 4 is 10.0 Å². The minimum Gasteiger partial charge on any atom is -0.366 e. The summed E-state index contributed by atoms with van der Waals surface area (Å²) in [5.41, 5.74) is 0.743. The molecule has 0 amide bonds. The fourth-order valence-electron chi connectivity index (χ4n) is 3.75. The maximum absolute atomic E-state index is 12.8. The lowest BCUT2D eigenvalue weighted by Gasteiger charge is -2.15. The van der Waals surface area contributed by atoms with Gasteiger partial charge in [-0.25, -0.2) is 8.42 Å². The molecule has 3 aliphatic rings. The molecule has 0 spiro atoms. The number of nitrogens with zero attached hydrogens (tertiary/aromatic N) is 1. The quantitative estimate of drug-likeness (QED) is 0.784. The van der Waals surface area contributed by atoms with Gasteiger partial charge in [0.1, 0.15) is 0 Å². The number of hydrogen-bond acceptors (Lipinski definition) is 3. The van der Waals surface area contributed by atoms with Gasteiger partial charge in [-0.15, -0.1) is 0 Å². The second-order valence-corrected chi connectivity index (χ2v) is 8.63. The Bertz CT molecular complexity index is 684. The predicted octanol–water partition coefficient (Wildman–Crippen LogP) is 2.08. The van der Waals surface area contributed by atoms with Crippen LogP contribution in [0.4, 0.5) is 0 Å². The molecular weight excluding hydrogens is 274 g/mol. The van der Waals surface area contributed by atoms with Crippen LogP contribution in [0.2, 0.25) is 0 Å². The average Bonchev–Trinajstić information content (AvgIpc) is 3.16. The molecule has 4 rings (SSSR count). The molecule has 1 unspecified atom stereocenters. The number of aryl methyl sites for hydroxylation is 1. The van der Waals surface area contributed by atoms with Crippen molar-refractivity contribution in [3.8, 4) is 0 Å². The fraction of sp³-hybridized carbons (Fsp3) is 0.600. The van der Waals surface area contributed by atoms with Crippen LogP contribution in [0.15, 0.2) is 29.2 Å². The average molecular weight is 293 g/mol. The van der Waals surface area contributed by atoms with Crippen LogP contribution >= 0.6 is 0 Å². The monoisotopic (exact) mass is 293 g/mol. The van der Waals surface area contributed by atoms with Gasteiger partial charge in [0.05, 0.1) is 22.1 Å². The van der Waals surface area contributed by atoms with Gasteiger partial charge in [0.2, 0.25) is 10.0 Å². The second-order valence-electron chi connectivity index (χ2n) is 6.81. The molecule has 1 aliphatic carbocycles. The number of sulfonamides is 1. The molecule has 1 aromatic rings. The Labute approximate surface area is 119 Å². The summed E-state index contributed by atoms with van der Waals surface area (Å²) in [6.07, 6.45) is 1.88. The third-order valence-corrected chi connectivity index (χ3v) is 7.30. The molecule has 2 saturated heterocycles. The molecule has 108 valence electrons. The molecule has 2 heterocycles. The summed E-state index contributed by atoms with van der Waals surface area (Å²) in [5.74, 6) is 0. The van der Waals surface area contributed by atoms with Crippen LogP contribution < -0.4 is 0 Å². The lowest BCUT2D eigenvalue weighted by atomic mass is 9.84. The Kier molecular flexibility index (Phi) is 2.21. The van der Waals surface area contributed by atoms with E-state index in [0.717, 1.165) is 18.4 Å². The predicted molar refractivity (Wildman–Crippen MR) is 74.9 cm³/mol. The zero-order valence-electron chi connectivity index (χ0n) is 12.0. The summed E-state index contributed by atoms with van der Waals surface area (Å²) >= 11 is 0. The Balaban J connectivity index is 1.67. The van der Waals surface area contributed by atoms with Gasteiger partial charge in [-0.3, -0.25) is 0 Å². The summed E-state index contributed by atoms with van der Waals surface area (Å²) < 4.78 is 33.0. The Morgan fingerprint density at radius 1 is 1.20 bits per heavy atom. The van der Waals surface area contributed by atoms with E-state index in [4.69, 9.17) is 4.74 Å². The first kappa shape index (κ1) is 12.8. The fourth-order valence-corrected chi connectivity index (χ4v) is 5.79. The molecule has 3 fully saturated rings. The number of hydrogen-bond donors (Lipinski definition) is 0. The molecule has 2 aliphatic heterocycles. The molecule has 20 heavy (non-hydrogen) atoms. The van der Waals surface area contributed by atoms with Crippen molar-refractivity contribution in [2.24, 2.45) is 0 Å². The normalized spacial score (nSPS) is 45.5. The van der Waals surface area contributed by atoms with E-state index in [1.54, 1.807) is 16.4 Å². The van der Waals surface area contributed by atoms with Gasteiger partial charge in [-0.2, -0.15) is 4.31 Å². The Morgan fingerprint density at radius 3 is 2.45 bits per heavy atom. The van der Waals surface area contributed by atoms with E-state index in [9.17, 15) is 8.42 Å². The van der Waals surface area contributed by atoms with Crippen molar-refractivity contribution < 1.29 is 13.2 Å². The van der Waals surface area contributed by atoms with Crippen LogP contribution in [0.1, 0.15) is 32.3 Å². The maximum atomic E-state index is 12.8. The largest absolute Gasteiger partial charge is 0.366 e. The summed E-state index contributed by atoms with van der Waals surface area (Å²) in [5, 5.41) is 0. The van der Waals surface area contributed by atoms with Crippen molar-refractivity contribution in [1.29, 1.82) is 0 Å². The third-order valence-electron chi connectivity index (χ3n) is 5.25. The van der Waals surface area contributed by atoms with E-state index in [0.29, 0.717) is 4.90 Å². The molecule has 1 saturated carbocycles. The van der Waals surface area contributed by atoms with Crippen LogP contribution in [0.5, 0.6) is 0 Å². The number of ether oxygens (including phenoxy) is 1. The van der Waals surface area contributed by atoms with Crippen LogP contribution in [-0.2, 0) is 14.8 Å². The van der Waals surface area contributed by atoms with E-state index < -0.39 is 10.0 Å². The molecule has 0 bridgehead atoms. The standard InChI is InChI=1S/C15H19NO3S/c1-10-4-6-11(7-5-10)20(17,18)16-12-8-15(3)13(19-15)9-14(12,16)2/h4-7,12-13H,8-9H2,1-3H3/t12-,13-,14+,15+,16?/m0/s1. The van der Waals surface area contributed by atoms with E-state index in [-0.39, 0.29) is 23.3 Å². The molecular formula is C15H19NO3S. The number of rotatable bonds is 2. The van der Waals surface area contributed by atoms with E-state index >= 15 is 0 Å². The molecule has 1 aromatic carbocycles. The first-order chi connectivity index (χ1) is 9.27. The summed E-state index contributed by atoms with van der Waals surface area (Å²) in [6.45, 7) is 6.09. The lowest BCUT2D eigenvalue weighted by molar-refractivity contribution is 0.293. The number of epoxide rings is 1. The summed E-state index contributed by atoms with van der Waals surface area (Å²) in [6, 6.07) is 7.21. The molecule has 5 atom stereocenters. The topological polar surface area (TPSA) is 49.7 Å². The first-order valence-electron chi connectivity index (χ1n) is 7.06.